The number of fused-ring (bicyclic) bond motifs is 1. The van der Waals surface area contributed by atoms with Gasteiger partial charge < -0.3 is 10.0 Å². The molecule has 0 spiro atoms. The molecule has 33 heavy (non-hydrogen) atoms. The topological polar surface area (TPSA) is 58.4 Å². The summed E-state index contributed by atoms with van der Waals surface area (Å²) in [5.41, 5.74) is 0.955. The summed E-state index contributed by atoms with van der Waals surface area (Å²) in [6, 6.07) is 4.98. The smallest absolute Gasteiger partial charge is 0.416 e. The lowest BCUT2D eigenvalue weighted by Crippen LogP contribution is -2.24. The molecule has 0 saturated carbocycles. The number of phenols is 1. The van der Waals surface area contributed by atoms with Crippen molar-refractivity contribution in [3.63, 3.8) is 0 Å². The van der Waals surface area contributed by atoms with Gasteiger partial charge in [-0.15, -0.1) is 0 Å². The van der Waals surface area contributed by atoms with E-state index in [1.165, 1.54) is 49.2 Å². The summed E-state index contributed by atoms with van der Waals surface area (Å²) in [7, 11) is 2.19. The van der Waals surface area contributed by atoms with E-state index in [-0.39, 0.29) is 28.4 Å². The highest BCUT2D eigenvalue weighted by Gasteiger charge is 2.31. The minimum Gasteiger partial charge on any atom is -0.507 e. The zero-order valence-corrected chi connectivity index (χ0v) is 19.6. The molecule has 4 rings (SSSR count). The van der Waals surface area contributed by atoms with Gasteiger partial charge in [-0.3, -0.25) is 9.48 Å². The molecule has 2 heterocycles. The van der Waals surface area contributed by atoms with E-state index in [1.807, 2.05) is 0 Å². The molecule has 0 unspecified atom stereocenters. The molecule has 0 aliphatic carbocycles. The lowest BCUT2D eigenvalue weighted by molar-refractivity contribution is -0.137. The number of rotatable bonds is 3. The van der Waals surface area contributed by atoms with Crippen molar-refractivity contribution < 1.29 is 23.1 Å². The van der Waals surface area contributed by atoms with Crippen molar-refractivity contribution >= 4 is 28.8 Å². The van der Waals surface area contributed by atoms with Crippen molar-refractivity contribution in [3.05, 3.63) is 57.2 Å². The summed E-state index contributed by atoms with van der Waals surface area (Å²) in [6.07, 6.45) is 0.325. The molecule has 9 heteroatoms. The predicted octanol–water partition coefficient (Wildman–Crippen LogP) is 5.99. The fourth-order valence-corrected chi connectivity index (χ4v) is 4.13. The lowest BCUT2D eigenvalue weighted by atomic mass is 10.1. The number of halogens is 4. The third-order valence-corrected chi connectivity index (χ3v) is 6.25. The first kappa shape index (κ1) is 25.1. The van der Waals surface area contributed by atoms with Crippen LogP contribution in [0.5, 0.6) is 5.75 Å². The minimum absolute atomic E-state index is 0.0215. The van der Waals surface area contributed by atoms with Crippen LogP contribution in [-0.4, -0.2) is 46.2 Å². The van der Waals surface area contributed by atoms with Crippen molar-refractivity contribution in [2.24, 2.45) is 0 Å². The quantitative estimate of drug-likeness (QED) is 0.466. The Morgan fingerprint density at radius 1 is 1.15 bits per heavy atom. The molecule has 2 aromatic carbocycles. The molecule has 1 fully saturated rings. The predicted molar refractivity (Wildman–Crippen MR) is 123 cm³/mol. The number of benzene rings is 2. The van der Waals surface area contributed by atoms with E-state index >= 15 is 0 Å². The number of carbonyl (C=O) groups is 1. The maximum atomic E-state index is 13.1. The van der Waals surface area contributed by atoms with Crippen molar-refractivity contribution in [2.75, 3.05) is 20.1 Å². The molecule has 5 nitrogen and oxygen atoms in total. The lowest BCUT2D eigenvalue weighted by Gasteiger charge is -2.20. The van der Waals surface area contributed by atoms with Gasteiger partial charge >= 0.3 is 6.18 Å². The first-order valence-corrected chi connectivity index (χ1v) is 11.1. The van der Waals surface area contributed by atoms with E-state index in [9.17, 15) is 23.1 Å². The van der Waals surface area contributed by atoms with Crippen LogP contribution in [0.4, 0.5) is 13.2 Å². The van der Waals surface area contributed by atoms with E-state index in [0.717, 1.165) is 12.1 Å². The second kappa shape index (κ2) is 10.1. The molecule has 178 valence electrons. The molecule has 0 bridgehead atoms. The van der Waals surface area contributed by atoms with E-state index < -0.39 is 11.7 Å². The first-order valence-electron chi connectivity index (χ1n) is 10.7. The third-order valence-electron chi connectivity index (χ3n) is 5.90. The van der Waals surface area contributed by atoms with Crippen LogP contribution in [-0.2, 0) is 12.7 Å². The average Bonchev–Trinajstić information content (AvgIpc) is 3.08. The Labute approximate surface area is 195 Å². The highest BCUT2D eigenvalue weighted by atomic mass is 35.5. The van der Waals surface area contributed by atoms with Crippen molar-refractivity contribution in [1.82, 2.24) is 14.7 Å². The molecule has 0 radical (unpaired) electrons. The fraction of sp³-hybridized carbons (Fsp3) is 0.417. The molecule has 3 aromatic rings. The van der Waals surface area contributed by atoms with Gasteiger partial charge in [0, 0.05) is 21.7 Å². The van der Waals surface area contributed by atoms with Gasteiger partial charge in [-0.25, -0.2) is 0 Å². The second-order valence-electron chi connectivity index (χ2n) is 8.38. The summed E-state index contributed by atoms with van der Waals surface area (Å²) >= 11 is 6.11. The molecule has 1 aromatic heterocycles. The molecular formula is C24H27ClF3N3O2. The summed E-state index contributed by atoms with van der Waals surface area (Å²) in [6.45, 7) is 5.86. The van der Waals surface area contributed by atoms with Crippen molar-refractivity contribution in [3.8, 4) is 5.75 Å². The standard InChI is InChI=1S/C18H14ClF3N2O2.C6H13N/c1-9-5-12(18(20,21)22)6-13-10(2)24(23-16(9)13)7-14-15(19)4-3-11(8-25)17(14)26;1-7-5-3-2-4-6-7/h3-6,8,26H,7H2,1-2H3;2-6H2,1H3. The van der Waals surface area contributed by atoms with Crippen LogP contribution in [0.1, 0.15) is 52.0 Å². The van der Waals surface area contributed by atoms with E-state index in [2.05, 4.69) is 17.0 Å². The molecule has 1 aliphatic rings. The number of nitrogens with zero attached hydrogens (tertiary/aromatic N) is 3. The third kappa shape index (κ3) is 5.68. The zero-order valence-electron chi connectivity index (χ0n) is 18.8. The van der Waals surface area contributed by atoms with Gasteiger partial charge in [-0.05, 0) is 76.7 Å². The first-order chi connectivity index (χ1) is 15.5. The second-order valence-corrected chi connectivity index (χ2v) is 8.78. The summed E-state index contributed by atoms with van der Waals surface area (Å²) < 4.78 is 40.6. The highest BCUT2D eigenvalue weighted by Crippen LogP contribution is 2.35. The maximum Gasteiger partial charge on any atom is 0.416 e. The Morgan fingerprint density at radius 2 is 1.82 bits per heavy atom. The Kier molecular flexibility index (Phi) is 7.69. The number of aromatic hydroxyl groups is 1. The molecule has 1 saturated heterocycles. The highest BCUT2D eigenvalue weighted by molar-refractivity contribution is 6.31. The molecule has 0 amide bonds. The van der Waals surface area contributed by atoms with Gasteiger partial charge in [0.1, 0.15) is 5.75 Å². The normalized spacial score (nSPS) is 14.8. The number of piperidine rings is 1. The minimum atomic E-state index is -4.45. The number of aryl methyl sites for hydroxylation is 2. The molecule has 0 atom stereocenters. The maximum absolute atomic E-state index is 13.1. The molecule has 1 N–H and O–H groups in total. The Bertz CT molecular complexity index is 1150. The summed E-state index contributed by atoms with van der Waals surface area (Å²) in [4.78, 5) is 13.4. The fourth-order valence-electron chi connectivity index (χ4n) is 3.92. The van der Waals surface area contributed by atoms with Crippen molar-refractivity contribution in [1.29, 1.82) is 0 Å². The van der Waals surface area contributed by atoms with Crippen LogP contribution >= 0.6 is 11.6 Å². The average molecular weight is 482 g/mol. The van der Waals surface area contributed by atoms with Gasteiger partial charge in [-0.1, -0.05) is 18.0 Å². The largest absolute Gasteiger partial charge is 0.507 e. The SMILES string of the molecule is CN1CCCCC1.Cc1cc(C(F)(F)F)cc2c(C)n(Cc3c(Cl)ccc(C=O)c3O)nc12. The zero-order chi connectivity index (χ0) is 24.3. The van der Waals surface area contributed by atoms with Crippen molar-refractivity contribution in [2.45, 2.75) is 45.8 Å². The Hall–Kier alpha value is -2.58. The molecule has 1 aliphatic heterocycles. The number of phenolic OH excluding ortho intramolecular Hbond substituents is 1. The van der Waals surface area contributed by atoms with Crippen LogP contribution < -0.4 is 0 Å². The summed E-state index contributed by atoms with van der Waals surface area (Å²) in [5, 5.41) is 15.2. The summed E-state index contributed by atoms with van der Waals surface area (Å²) in [5.74, 6) is -0.265. The van der Waals surface area contributed by atoms with E-state index in [0.29, 0.717) is 28.4 Å². The van der Waals surface area contributed by atoms with Gasteiger partial charge in [0.25, 0.3) is 0 Å². The Balaban J connectivity index is 0.000000374. The van der Waals surface area contributed by atoms with Crippen LogP contribution in [0.2, 0.25) is 5.02 Å². The number of alkyl halides is 3. The number of aromatic nitrogens is 2. The van der Waals surface area contributed by atoms with Crippen LogP contribution in [0.15, 0.2) is 24.3 Å². The van der Waals surface area contributed by atoms with Crippen LogP contribution in [0.25, 0.3) is 10.9 Å². The van der Waals surface area contributed by atoms with Crippen LogP contribution in [0, 0.1) is 13.8 Å². The number of likely N-dealkylation sites (tertiary alicyclic amines) is 1. The van der Waals surface area contributed by atoms with Gasteiger partial charge in [0.15, 0.2) is 6.29 Å². The monoisotopic (exact) mass is 481 g/mol. The van der Waals surface area contributed by atoms with Gasteiger partial charge in [0.05, 0.1) is 23.2 Å². The van der Waals surface area contributed by atoms with E-state index in [4.69, 9.17) is 11.6 Å². The van der Waals surface area contributed by atoms with Crippen LogP contribution in [0.3, 0.4) is 0 Å². The van der Waals surface area contributed by atoms with E-state index in [1.54, 1.807) is 13.8 Å². The number of aldehydes is 1. The van der Waals surface area contributed by atoms with Gasteiger partial charge in [0.2, 0.25) is 0 Å². The number of hydrogen-bond donors (Lipinski definition) is 1. The number of carbonyl (C=O) groups excluding carboxylic acids is 1. The van der Waals surface area contributed by atoms with Gasteiger partial charge in [-0.2, -0.15) is 18.3 Å². The Morgan fingerprint density at radius 3 is 2.36 bits per heavy atom. The number of hydrogen-bond acceptors (Lipinski definition) is 4. The molecular weight excluding hydrogens is 455 g/mol.